The van der Waals surface area contributed by atoms with Crippen molar-refractivity contribution in [3.63, 3.8) is 0 Å². The summed E-state index contributed by atoms with van der Waals surface area (Å²) in [6.07, 6.45) is 2.92. The molecule has 0 aliphatic carbocycles. The molecule has 7 N–H and O–H groups in total. The fraction of sp³-hybridized carbons (Fsp3) is 0.357. The SMILES string of the molecule is CCC[C@H](Nc1nc(-c2ccc(NC(=O)NCC)c(OC)c2)ncc1C)c1cccnc1.O=C(O)C(O)C(O)C(=O)O. The van der Waals surface area contributed by atoms with Gasteiger partial charge in [0.15, 0.2) is 18.0 Å². The van der Waals surface area contributed by atoms with Crippen LogP contribution in [0.1, 0.15) is 43.9 Å². The van der Waals surface area contributed by atoms with Gasteiger partial charge in [0.2, 0.25) is 0 Å². The highest BCUT2D eigenvalue weighted by Crippen LogP contribution is 2.31. The maximum atomic E-state index is 11.9. The van der Waals surface area contributed by atoms with E-state index in [1.807, 2.05) is 44.4 Å². The Morgan fingerprint density at radius 1 is 1.02 bits per heavy atom. The molecule has 1 aromatic carbocycles. The van der Waals surface area contributed by atoms with E-state index < -0.39 is 24.1 Å². The van der Waals surface area contributed by atoms with Gasteiger partial charge in [-0.3, -0.25) is 4.98 Å². The Bertz CT molecular complexity index is 1320. The topological polar surface area (TPSA) is 216 Å². The molecule has 42 heavy (non-hydrogen) atoms. The summed E-state index contributed by atoms with van der Waals surface area (Å²) in [5.41, 5.74) is 3.45. The summed E-state index contributed by atoms with van der Waals surface area (Å²) in [4.78, 5) is 45.0. The highest BCUT2D eigenvalue weighted by molar-refractivity contribution is 5.91. The third kappa shape index (κ3) is 9.67. The Balaban J connectivity index is 0.000000528. The van der Waals surface area contributed by atoms with Crippen LogP contribution in [0.2, 0.25) is 0 Å². The van der Waals surface area contributed by atoms with E-state index in [1.165, 1.54) is 0 Å². The van der Waals surface area contributed by atoms with Crippen molar-refractivity contribution in [3.8, 4) is 17.1 Å². The smallest absolute Gasteiger partial charge is 0.335 e. The lowest BCUT2D eigenvalue weighted by molar-refractivity contribution is -0.165. The van der Waals surface area contributed by atoms with Crippen LogP contribution >= 0.6 is 0 Å². The number of aliphatic hydroxyl groups is 2. The maximum Gasteiger partial charge on any atom is 0.335 e. The molecule has 0 radical (unpaired) electrons. The third-order valence-corrected chi connectivity index (χ3v) is 5.80. The summed E-state index contributed by atoms with van der Waals surface area (Å²) in [6.45, 7) is 6.54. The molecule has 14 nitrogen and oxygen atoms in total. The van der Waals surface area contributed by atoms with Crippen LogP contribution in [-0.2, 0) is 9.59 Å². The zero-order valence-electron chi connectivity index (χ0n) is 23.7. The van der Waals surface area contributed by atoms with Crippen molar-refractivity contribution < 1.29 is 39.5 Å². The number of aryl methyl sites for hydroxylation is 1. The molecule has 3 rings (SSSR count). The van der Waals surface area contributed by atoms with Gasteiger partial charge in [-0.25, -0.2) is 24.4 Å². The summed E-state index contributed by atoms with van der Waals surface area (Å²) >= 11 is 0. The van der Waals surface area contributed by atoms with Crippen molar-refractivity contribution in [2.75, 3.05) is 24.3 Å². The van der Waals surface area contributed by atoms with Gasteiger partial charge in [0.05, 0.1) is 18.8 Å². The Kier molecular flexibility index (Phi) is 13.1. The number of amides is 2. The summed E-state index contributed by atoms with van der Waals surface area (Å²) in [5, 5.41) is 41.6. The molecule has 0 fully saturated rings. The number of aliphatic carboxylic acids is 2. The molecule has 226 valence electrons. The number of urea groups is 1. The largest absolute Gasteiger partial charge is 0.495 e. The first-order valence-corrected chi connectivity index (χ1v) is 13.1. The van der Waals surface area contributed by atoms with Gasteiger partial charge in [-0.2, -0.15) is 0 Å². The van der Waals surface area contributed by atoms with Gasteiger partial charge in [-0.15, -0.1) is 0 Å². The first-order chi connectivity index (χ1) is 20.0. The van der Waals surface area contributed by atoms with E-state index in [2.05, 4.69) is 38.9 Å². The number of ether oxygens (including phenoxy) is 1. The molecule has 2 aromatic heterocycles. The number of nitrogens with one attached hydrogen (secondary N) is 3. The van der Waals surface area contributed by atoms with Crippen molar-refractivity contribution >= 4 is 29.5 Å². The third-order valence-electron chi connectivity index (χ3n) is 5.80. The van der Waals surface area contributed by atoms with Crippen molar-refractivity contribution in [1.82, 2.24) is 20.3 Å². The van der Waals surface area contributed by atoms with E-state index >= 15 is 0 Å². The summed E-state index contributed by atoms with van der Waals surface area (Å²) < 4.78 is 5.47. The van der Waals surface area contributed by atoms with E-state index in [1.54, 1.807) is 19.4 Å². The van der Waals surface area contributed by atoms with E-state index in [0.29, 0.717) is 23.8 Å². The minimum absolute atomic E-state index is 0.105. The molecule has 2 unspecified atom stereocenters. The fourth-order valence-corrected chi connectivity index (χ4v) is 3.62. The van der Waals surface area contributed by atoms with E-state index in [0.717, 1.165) is 35.3 Å². The highest BCUT2D eigenvalue weighted by atomic mass is 16.5. The van der Waals surface area contributed by atoms with Crippen LogP contribution in [0, 0.1) is 6.92 Å². The van der Waals surface area contributed by atoms with Crippen LogP contribution in [0.25, 0.3) is 11.4 Å². The van der Waals surface area contributed by atoms with Crippen molar-refractivity contribution in [2.45, 2.75) is 51.9 Å². The average Bonchev–Trinajstić information content (AvgIpc) is 2.98. The molecule has 14 heteroatoms. The number of benzene rings is 1. The Morgan fingerprint density at radius 3 is 2.26 bits per heavy atom. The Morgan fingerprint density at radius 2 is 1.71 bits per heavy atom. The number of aromatic nitrogens is 3. The van der Waals surface area contributed by atoms with E-state index in [4.69, 9.17) is 30.1 Å². The Hall–Kier alpha value is -4.82. The number of rotatable bonds is 12. The molecule has 3 atom stereocenters. The number of carbonyl (C=O) groups is 3. The number of carboxylic acid groups (broad SMARTS) is 2. The van der Waals surface area contributed by atoms with Crippen LogP contribution in [0.3, 0.4) is 0 Å². The van der Waals surface area contributed by atoms with Crippen LogP contribution in [0.5, 0.6) is 5.75 Å². The molecule has 3 aromatic rings. The van der Waals surface area contributed by atoms with Crippen molar-refractivity contribution in [1.29, 1.82) is 0 Å². The molecule has 0 bridgehead atoms. The zero-order chi connectivity index (χ0) is 31.2. The lowest BCUT2D eigenvalue weighted by atomic mass is 10.0. The van der Waals surface area contributed by atoms with Gasteiger partial charge in [0, 0.05) is 36.3 Å². The van der Waals surface area contributed by atoms with Gasteiger partial charge >= 0.3 is 18.0 Å². The summed E-state index contributed by atoms with van der Waals surface area (Å²) in [7, 11) is 1.56. The van der Waals surface area contributed by atoms with Gasteiger partial charge < -0.3 is 41.1 Å². The minimum Gasteiger partial charge on any atom is -0.495 e. The van der Waals surface area contributed by atoms with Crippen LogP contribution in [0.15, 0.2) is 48.9 Å². The molecular weight excluding hydrogens is 548 g/mol. The number of pyridine rings is 1. The number of anilines is 2. The summed E-state index contributed by atoms with van der Waals surface area (Å²) in [6, 6.07) is 9.31. The highest BCUT2D eigenvalue weighted by Gasteiger charge is 2.29. The van der Waals surface area contributed by atoms with Crippen molar-refractivity contribution in [2.24, 2.45) is 0 Å². The number of methoxy groups -OCH3 is 1. The van der Waals surface area contributed by atoms with Crippen molar-refractivity contribution in [3.05, 3.63) is 60.0 Å². The molecule has 2 heterocycles. The molecular formula is C28H36N6O8. The summed E-state index contributed by atoms with van der Waals surface area (Å²) in [5.74, 6) is -1.65. The van der Waals surface area contributed by atoms with Gasteiger partial charge in [-0.05, 0) is 50.1 Å². The number of nitrogens with zero attached hydrogens (tertiary/aromatic N) is 3. The molecule has 0 saturated carbocycles. The maximum absolute atomic E-state index is 11.9. The normalized spacial score (nSPS) is 12.5. The Labute approximate surface area is 242 Å². The zero-order valence-corrected chi connectivity index (χ0v) is 23.7. The molecule has 0 aliphatic rings. The average molecular weight is 585 g/mol. The first kappa shape index (κ1) is 33.4. The molecule has 0 saturated heterocycles. The number of carboxylic acids is 2. The predicted molar refractivity (Wildman–Crippen MR) is 154 cm³/mol. The van der Waals surface area contributed by atoms with Gasteiger partial charge in [0.1, 0.15) is 11.6 Å². The lowest BCUT2D eigenvalue weighted by Crippen LogP contribution is -2.39. The lowest BCUT2D eigenvalue weighted by Gasteiger charge is -2.20. The fourth-order valence-electron chi connectivity index (χ4n) is 3.62. The number of aliphatic hydroxyl groups excluding tert-OH is 2. The second-order valence-electron chi connectivity index (χ2n) is 8.96. The predicted octanol–water partition coefficient (Wildman–Crippen LogP) is 2.83. The monoisotopic (exact) mass is 584 g/mol. The number of carbonyl (C=O) groups excluding carboxylic acids is 1. The number of hydrogen-bond acceptors (Lipinski definition) is 10. The van der Waals surface area contributed by atoms with Crippen LogP contribution in [0.4, 0.5) is 16.3 Å². The number of hydrogen-bond donors (Lipinski definition) is 7. The van der Waals surface area contributed by atoms with E-state index in [-0.39, 0.29) is 12.1 Å². The minimum atomic E-state index is -2.27. The molecule has 0 spiro atoms. The molecule has 2 amide bonds. The first-order valence-electron chi connectivity index (χ1n) is 13.1. The van der Waals surface area contributed by atoms with E-state index in [9.17, 15) is 14.4 Å². The van der Waals surface area contributed by atoms with Crippen LogP contribution < -0.4 is 20.7 Å². The standard InChI is InChI=1S/C24H30N6O2.C4H6O6/c1-5-8-19(18-9-7-12-25-15-18)28-22-16(3)14-27-23(30-22)17-10-11-20(21(13-17)32-4)29-24(31)26-6-2;5-1(3(7)8)2(6)4(9)10/h7,9-15,19H,5-6,8H2,1-4H3,(H2,26,29,31)(H,27,28,30);1-2,5-6H,(H,7,8)(H,9,10)/t19-;/m0./s1. The quantitative estimate of drug-likeness (QED) is 0.164. The van der Waals surface area contributed by atoms with Crippen LogP contribution in [-0.4, -0.2) is 79.2 Å². The second kappa shape index (κ2) is 16.4. The molecule has 0 aliphatic heterocycles. The second-order valence-corrected chi connectivity index (χ2v) is 8.96. The van der Waals surface area contributed by atoms with Gasteiger partial charge in [-0.1, -0.05) is 19.4 Å². The van der Waals surface area contributed by atoms with Gasteiger partial charge in [0.25, 0.3) is 0 Å².